The molecule has 4 nitrogen and oxygen atoms in total. The van der Waals surface area contributed by atoms with Crippen LogP contribution < -0.4 is 10.6 Å². The molecule has 0 radical (unpaired) electrons. The number of anilines is 2. The van der Waals surface area contributed by atoms with E-state index in [1.807, 2.05) is 30.6 Å². The Kier molecular flexibility index (Phi) is 3.88. The fraction of sp³-hybridized carbons (Fsp3) is 0.533. The van der Waals surface area contributed by atoms with Gasteiger partial charge in [0.1, 0.15) is 5.82 Å². The minimum atomic E-state index is -0.366. The number of halogens is 1. The van der Waals surface area contributed by atoms with E-state index in [9.17, 15) is 9.18 Å². The highest BCUT2D eigenvalue weighted by Crippen LogP contribution is 2.24. The predicted molar refractivity (Wildman–Crippen MR) is 79.1 cm³/mol. The molecule has 0 atom stereocenters. The van der Waals surface area contributed by atoms with E-state index in [0.29, 0.717) is 37.6 Å². The van der Waals surface area contributed by atoms with Crippen molar-refractivity contribution in [2.45, 2.75) is 20.8 Å². The number of nitrogens with two attached hydrogens (primary N) is 1. The number of amides is 1. The molecule has 0 aliphatic carbocycles. The first-order valence-electron chi connectivity index (χ1n) is 6.88. The van der Waals surface area contributed by atoms with E-state index in [1.165, 1.54) is 6.07 Å². The highest BCUT2D eigenvalue weighted by atomic mass is 19.1. The maximum absolute atomic E-state index is 13.9. The van der Waals surface area contributed by atoms with Gasteiger partial charge in [-0.3, -0.25) is 4.79 Å². The van der Waals surface area contributed by atoms with Crippen LogP contribution in [-0.2, 0) is 4.79 Å². The quantitative estimate of drug-likeness (QED) is 0.801. The molecule has 0 spiro atoms. The van der Waals surface area contributed by atoms with E-state index in [4.69, 9.17) is 5.73 Å². The lowest BCUT2D eigenvalue weighted by molar-refractivity contribution is -0.139. The van der Waals surface area contributed by atoms with Crippen molar-refractivity contribution in [2.75, 3.05) is 36.8 Å². The van der Waals surface area contributed by atoms with Crippen molar-refractivity contribution in [1.82, 2.24) is 4.90 Å². The second-order valence-electron chi connectivity index (χ2n) is 6.24. The highest BCUT2D eigenvalue weighted by molar-refractivity contribution is 5.81. The number of benzene rings is 1. The zero-order valence-electron chi connectivity index (χ0n) is 12.3. The predicted octanol–water partition coefficient (Wildman–Crippen LogP) is 2.10. The Morgan fingerprint density at radius 2 is 1.80 bits per heavy atom. The molecule has 2 N–H and O–H groups in total. The van der Waals surface area contributed by atoms with Gasteiger partial charge < -0.3 is 15.5 Å². The summed E-state index contributed by atoms with van der Waals surface area (Å²) in [7, 11) is 0. The lowest BCUT2D eigenvalue weighted by Gasteiger charge is -2.38. The summed E-state index contributed by atoms with van der Waals surface area (Å²) in [6, 6.07) is 4.74. The zero-order chi connectivity index (χ0) is 14.9. The fourth-order valence-corrected chi connectivity index (χ4v) is 2.40. The van der Waals surface area contributed by atoms with Gasteiger partial charge in [0.15, 0.2) is 0 Å². The van der Waals surface area contributed by atoms with Gasteiger partial charge in [0.25, 0.3) is 0 Å². The van der Waals surface area contributed by atoms with Crippen molar-refractivity contribution in [1.29, 1.82) is 0 Å². The fourth-order valence-electron chi connectivity index (χ4n) is 2.40. The Morgan fingerprint density at radius 3 is 2.30 bits per heavy atom. The molecule has 1 heterocycles. The topological polar surface area (TPSA) is 49.6 Å². The van der Waals surface area contributed by atoms with Crippen LogP contribution >= 0.6 is 0 Å². The molecule has 5 heteroatoms. The van der Waals surface area contributed by atoms with Gasteiger partial charge in [0.05, 0.1) is 5.69 Å². The molecule has 0 unspecified atom stereocenters. The second kappa shape index (κ2) is 5.31. The normalized spacial score (nSPS) is 16.4. The zero-order valence-corrected chi connectivity index (χ0v) is 12.3. The molecule has 20 heavy (non-hydrogen) atoms. The van der Waals surface area contributed by atoms with Crippen molar-refractivity contribution in [3.8, 4) is 0 Å². The monoisotopic (exact) mass is 279 g/mol. The molecule has 1 fully saturated rings. The van der Waals surface area contributed by atoms with Crippen molar-refractivity contribution in [3.05, 3.63) is 24.0 Å². The summed E-state index contributed by atoms with van der Waals surface area (Å²) in [6.45, 7) is 8.29. The third-order valence-corrected chi connectivity index (χ3v) is 3.52. The highest BCUT2D eigenvalue weighted by Gasteiger charge is 2.30. The summed E-state index contributed by atoms with van der Waals surface area (Å²) >= 11 is 0. The maximum atomic E-state index is 13.9. The maximum Gasteiger partial charge on any atom is 0.228 e. The van der Waals surface area contributed by atoms with Gasteiger partial charge in [-0.1, -0.05) is 20.8 Å². The Morgan fingerprint density at radius 1 is 1.20 bits per heavy atom. The molecule has 1 amide bonds. The van der Waals surface area contributed by atoms with Crippen LogP contribution in [-0.4, -0.2) is 37.0 Å². The Labute approximate surface area is 119 Å². The molecule has 1 aliphatic heterocycles. The third kappa shape index (κ3) is 3.03. The standard InChI is InChI=1S/C15H22FN3O/c1-15(2,3)14(20)19-8-6-18(7-9-19)13-5-4-11(17)10-12(13)16/h4-5,10H,6-9,17H2,1-3H3. The summed E-state index contributed by atoms with van der Waals surface area (Å²) in [5.41, 5.74) is 6.17. The first-order valence-corrected chi connectivity index (χ1v) is 6.88. The molecule has 0 bridgehead atoms. The largest absolute Gasteiger partial charge is 0.399 e. The van der Waals surface area contributed by atoms with Crippen LogP contribution in [0.5, 0.6) is 0 Å². The van der Waals surface area contributed by atoms with Crippen molar-refractivity contribution < 1.29 is 9.18 Å². The van der Waals surface area contributed by atoms with E-state index < -0.39 is 0 Å². The summed E-state index contributed by atoms with van der Waals surface area (Å²) in [5.74, 6) is -0.157. The number of carbonyl (C=O) groups excluding carboxylic acids is 1. The van der Waals surface area contributed by atoms with Gasteiger partial charge in [-0.15, -0.1) is 0 Å². The van der Waals surface area contributed by atoms with Gasteiger partial charge in [0.2, 0.25) is 5.91 Å². The van der Waals surface area contributed by atoms with Gasteiger partial charge in [-0.05, 0) is 18.2 Å². The lowest BCUT2D eigenvalue weighted by atomic mass is 9.94. The molecule has 1 aromatic rings. The molecule has 1 aliphatic rings. The summed E-state index contributed by atoms with van der Waals surface area (Å²) in [4.78, 5) is 16.0. The molecular weight excluding hydrogens is 257 g/mol. The van der Waals surface area contributed by atoms with Gasteiger partial charge in [-0.25, -0.2) is 4.39 Å². The van der Waals surface area contributed by atoms with E-state index >= 15 is 0 Å². The number of rotatable bonds is 1. The Hall–Kier alpha value is -1.78. The molecule has 0 saturated carbocycles. The van der Waals surface area contributed by atoms with Crippen LogP contribution in [0.1, 0.15) is 20.8 Å². The minimum Gasteiger partial charge on any atom is -0.399 e. The smallest absolute Gasteiger partial charge is 0.228 e. The van der Waals surface area contributed by atoms with Crippen molar-refractivity contribution >= 4 is 17.3 Å². The number of piperazine rings is 1. The van der Waals surface area contributed by atoms with Gasteiger partial charge in [-0.2, -0.15) is 0 Å². The number of nitrogens with zero attached hydrogens (tertiary/aromatic N) is 2. The average molecular weight is 279 g/mol. The van der Waals surface area contributed by atoms with Crippen LogP contribution in [0.25, 0.3) is 0 Å². The van der Waals surface area contributed by atoms with Gasteiger partial charge >= 0.3 is 0 Å². The number of hydrogen-bond donors (Lipinski definition) is 1. The molecule has 2 rings (SSSR count). The van der Waals surface area contributed by atoms with E-state index in [0.717, 1.165) is 0 Å². The van der Waals surface area contributed by atoms with Crippen LogP contribution in [0.2, 0.25) is 0 Å². The molecular formula is C15H22FN3O. The lowest BCUT2D eigenvalue weighted by Crippen LogP contribution is -2.51. The number of nitrogen functional groups attached to an aromatic ring is 1. The summed E-state index contributed by atoms with van der Waals surface area (Å²) in [6.07, 6.45) is 0. The van der Waals surface area contributed by atoms with Crippen LogP contribution in [0.15, 0.2) is 18.2 Å². The molecule has 1 saturated heterocycles. The second-order valence-corrected chi connectivity index (χ2v) is 6.24. The first-order chi connectivity index (χ1) is 9.29. The molecule has 0 aromatic heterocycles. The number of hydrogen-bond acceptors (Lipinski definition) is 3. The Bertz CT molecular complexity index is 502. The Balaban J connectivity index is 2.03. The average Bonchev–Trinajstić information content (AvgIpc) is 2.37. The van der Waals surface area contributed by atoms with Crippen LogP contribution in [0.3, 0.4) is 0 Å². The van der Waals surface area contributed by atoms with Crippen molar-refractivity contribution in [2.24, 2.45) is 5.41 Å². The van der Waals surface area contributed by atoms with Gasteiger partial charge in [0, 0.05) is 37.3 Å². The third-order valence-electron chi connectivity index (χ3n) is 3.52. The first kappa shape index (κ1) is 14.6. The molecule has 1 aromatic carbocycles. The van der Waals surface area contributed by atoms with E-state index in [2.05, 4.69) is 0 Å². The molecule has 110 valence electrons. The SMILES string of the molecule is CC(C)(C)C(=O)N1CCN(c2ccc(N)cc2F)CC1. The van der Waals surface area contributed by atoms with E-state index in [-0.39, 0.29) is 17.1 Å². The minimum absolute atomic E-state index is 0.148. The van der Waals surface area contributed by atoms with Crippen molar-refractivity contribution in [3.63, 3.8) is 0 Å². The van der Waals surface area contributed by atoms with E-state index in [1.54, 1.807) is 12.1 Å². The van der Waals surface area contributed by atoms with Crippen LogP contribution in [0, 0.1) is 11.2 Å². The summed E-state index contributed by atoms with van der Waals surface area (Å²) < 4.78 is 13.9. The number of carbonyl (C=O) groups is 1. The summed E-state index contributed by atoms with van der Waals surface area (Å²) in [5, 5.41) is 0. The van der Waals surface area contributed by atoms with Crippen LogP contribution in [0.4, 0.5) is 15.8 Å².